The van der Waals surface area contributed by atoms with Gasteiger partial charge in [0.25, 0.3) is 0 Å². The Balaban J connectivity index is 3.04. The molecule has 1 aromatic heterocycles. The normalized spacial score (nSPS) is 9.50. The minimum Gasteiger partial charge on any atom is -0.481 e. The zero-order valence-corrected chi connectivity index (χ0v) is 8.39. The molecule has 1 rings (SSSR count). The van der Waals surface area contributed by atoms with Crippen molar-refractivity contribution in [3.8, 4) is 5.88 Å². The fourth-order valence-corrected chi connectivity index (χ4v) is 1.00. The molecule has 0 aliphatic rings. The van der Waals surface area contributed by atoms with Gasteiger partial charge < -0.3 is 4.74 Å². The Hall–Kier alpha value is 0.0300. The van der Waals surface area contributed by atoms with Gasteiger partial charge in [-0.05, 0) is 28.7 Å². The molecule has 4 heteroatoms. The molecule has 0 amide bonds. The zero-order chi connectivity index (χ0) is 7.56. The molecule has 2 nitrogen and oxygen atoms in total. The van der Waals surface area contributed by atoms with Crippen LogP contribution in [0.3, 0.4) is 0 Å². The van der Waals surface area contributed by atoms with Crippen LogP contribution in [0.5, 0.6) is 5.88 Å². The molecule has 0 aliphatic heterocycles. The van der Waals surface area contributed by atoms with Crippen molar-refractivity contribution in [1.29, 1.82) is 0 Å². The van der Waals surface area contributed by atoms with Crippen LogP contribution in [0.1, 0.15) is 0 Å². The number of ether oxygens (including phenoxy) is 1. The van der Waals surface area contributed by atoms with Gasteiger partial charge in [-0.3, -0.25) is 0 Å². The summed E-state index contributed by atoms with van der Waals surface area (Å²) in [5.41, 5.74) is 0. The number of rotatable bonds is 1. The molecule has 0 spiro atoms. The monoisotopic (exact) mass is 267 g/mol. The molecule has 0 saturated carbocycles. The van der Waals surface area contributed by atoms with Gasteiger partial charge in [0, 0.05) is 9.64 Å². The van der Waals surface area contributed by atoms with Gasteiger partial charge in [0.15, 0.2) is 0 Å². The van der Waals surface area contributed by atoms with Crippen LogP contribution in [0.4, 0.5) is 0 Å². The highest BCUT2D eigenvalue weighted by Gasteiger charge is 1.97. The molecule has 0 aliphatic carbocycles. The van der Waals surface area contributed by atoms with E-state index < -0.39 is 0 Å². The largest absolute Gasteiger partial charge is 0.481 e. The minimum absolute atomic E-state index is 0.602. The molecule has 0 saturated heterocycles. The second kappa shape index (κ2) is 3.43. The average molecular weight is 267 g/mol. The maximum Gasteiger partial charge on any atom is 0.214 e. The molecule has 54 valence electrons. The second-order valence-corrected chi connectivity index (χ2v) is 3.24. The summed E-state index contributed by atoms with van der Waals surface area (Å²) in [4.78, 5) is 4.03. The van der Waals surface area contributed by atoms with E-state index in [-0.39, 0.29) is 0 Å². The first kappa shape index (κ1) is 8.13. The minimum atomic E-state index is 0.602. The quantitative estimate of drug-likeness (QED) is 0.621. The van der Waals surface area contributed by atoms with Crippen LogP contribution in [-0.4, -0.2) is 12.1 Å². The number of aromatic nitrogens is 1. The van der Waals surface area contributed by atoms with Gasteiger partial charge in [0.1, 0.15) is 5.03 Å². The van der Waals surface area contributed by atoms with E-state index in [1.807, 2.05) is 12.1 Å². The highest BCUT2D eigenvalue weighted by atomic mass is 127. The van der Waals surface area contributed by atoms with Gasteiger partial charge in [-0.25, -0.2) is 4.98 Å². The molecule has 0 atom stereocenters. The number of hydrogen-bond acceptors (Lipinski definition) is 3. The molecule has 1 heterocycles. The van der Waals surface area contributed by atoms with Crippen molar-refractivity contribution in [3.63, 3.8) is 0 Å². The van der Waals surface area contributed by atoms with Gasteiger partial charge in [0.2, 0.25) is 5.88 Å². The van der Waals surface area contributed by atoms with Crippen molar-refractivity contribution in [2.45, 2.75) is 5.03 Å². The number of hydrogen-bond donors (Lipinski definition) is 1. The lowest BCUT2D eigenvalue weighted by Crippen LogP contribution is -1.88. The lowest BCUT2D eigenvalue weighted by atomic mass is 10.5. The summed E-state index contributed by atoms with van der Waals surface area (Å²) in [6, 6.07) is 3.72. The van der Waals surface area contributed by atoms with Crippen LogP contribution in [0.25, 0.3) is 0 Å². The summed E-state index contributed by atoms with van der Waals surface area (Å²) < 4.78 is 5.92. The van der Waals surface area contributed by atoms with Crippen molar-refractivity contribution in [3.05, 3.63) is 15.7 Å². The summed E-state index contributed by atoms with van der Waals surface area (Å²) in [5, 5.41) is 0.708. The van der Waals surface area contributed by atoms with E-state index in [1.54, 1.807) is 7.11 Å². The van der Waals surface area contributed by atoms with Crippen molar-refractivity contribution >= 4 is 35.2 Å². The molecule has 0 fully saturated rings. The van der Waals surface area contributed by atoms with Gasteiger partial charge >= 0.3 is 0 Å². The lowest BCUT2D eigenvalue weighted by Gasteiger charge is -1.99. The standard InChI is InChI=1S/C6H6INOS/c1-9-5-3-2-4(7)6(10)8-5/h2-3H,1H3,(H,8,10). The third-order valence-corrected chi connectivity index (χ3v) is 2.65. The Labute approximate surface area is 78.5 Å². The van der Waals surface area contributed by atoms with Gasteiger partial charge in [0.05, 0.1) is 7.11 Å². The fourth-order valence-electron chi connectivity index (χ4n) is 0.528. The summed E-state index contributed by atoms with van der Waals surface area (Å²) in [7, 11) is 1.59. The molecule has 0 radical (unpaired) electrons. The van der Waals surface area contributed by atoms with Crippen molar-refractivity contribution in [2.24, 2.45) is 0 Å². The Morgan fingerprint density at radius 2 is 2.30 bits per heavy atom. The molecule has 0 unspecified atom stereocenters. The number of thiol groups is 1. The topological polar surface area (TPSA) is 22.1 Å². The highest BCUT2D eigenvalue weighted by molar-refractivity contribution is 14.1. The molecule has 0 aromatic carbocycles. The van der Waals surface area contributed by atoms with Crippen LogP contribution in [0.15, 0.2) is 17.2 Å². The first-order valence-electron chi connectivity index (χ1n) is 2.63. The molecule has 0 N–H and O–H groups in total. The molecule has 0 bridgehead atoms. The van der Waals surface area contributed by atoms with E-state index in [9.17, 15) is 0 Å². The van der Waals surface area contributed by atoms with Gasteiger partial charge in [-0.15, -0.1) is 12.6 Å². The van der Waals surface area contributed by atoms with Crippen LogP contribution in [0, 0.1) is 3.57 Å². The molecular formula is C6H6INOS. The summed E-state index contributed by atoms with van der Waals surface area (Å²) in [6.45, 7) is 0. The number of pyridine rings is 1. The molecule has 10 heavy (non-hydrogen) atoms. The first-order valence-corrected chi connectivity index (χ1v) is 4.16. The first-order chi connectivity index (χ1) is 4.74. The number of nitrogens with zero attached hydrogens (tertiary/aromatic N) is 1. The Morgan fingerprint density at radius 1 is 1.60 bits per heavy atom. The third kappa shape index (κ3) is 1.76. The van der Waals surface area contributed by atoms with E-state index in [0.29, 0.717) is 10.9 Å². The Morgan fingerprint density at radius 3 is 2.80 bits per heavy atom. The van der Waals surface area contributed by atoms with Crippen LogP contribution in [-0.2, 0) is 0 Å². The fraction of sp³-hybridized carbons (Fsp3) is 0.167. The maximum atomic E-state index is 4.89. The maximum absolute atomic E-state index is 4.89. The van der Waals surface area contributed by atoms with Gasteiger partial charge in [-0.1, -0.05) is 0 Å². The Bertz CT molecular complexity index is 241. The second-order valence-electron chi connectivity index (χ2n) is 1.66. The molecular weight excluding hydrogens is 261 g/mol. The molecule has 1 aromatic rings. The van der Waals surface area contributed by atoms with Crippen LogP contribution in [0.2, 0.25) is 0 Å². The lowest BCUT2D eigenvalue weighted by molar-refractivity contribution is 0.394. The van der Waals surface area contributed by atoms with E-state index >= 15 is 0 Å². The van der Waals surface area contributed by atoms with Crippen molar-refractivity contribution < 1.29 is 4.74 Å². The predicted molar refractivity (Wildman–Crippen MR) is 50.8 cm³/mol. The SMILES string of the molecule is COc1ccc(I)c(S)n1. The zero-order valence-electron chi connectivity index (χ0n) is 5.34. The number of methoxy groups -OCH3 is 1. The van der Waals surface area contributed by atoms with E-state index in [1.165, 1.54) is 0 Å². The Kier molecular flexibility index (Phi) is 2.79. The van der Waals surface area contributed by atoms with Gasteiger partial charge in [-0.2, -0.15) is 0 Å². The summed E-state index contributed by atoms with van der Waals surface area (Å²) in [5.74, 6) is 0.602. The third-order valence-electron chi connectivity index (χ3n) is 1.01. The smallest absolute Gasteiger partial charge is 0.214 e. The average Bonchev–Trinajstić information content (AvgIpc) is 1.95. The van der Waals surface area contributed by atoms with Crippen molar-refractivity contribution in [1.82, 2.24) is 4.98 Å². The van der Waals surface area contributed by atoms with E-state index in [4.69, 9.17) is 4.74 Å². The van der Waals surface area contributed by atoms with E-state index in [0.717, 1.165) is 3.57 Å². The predicted octanol–water partition coefficient (Wildman–Crippen LogP) is 1.98. The number of halogens is 1. The summed E-state index contributed by atoms with van der Waals surface area (Å²) in [6.07, 6.45) is 0. The highest BCUT2D eigenvalue weighted by Crippen LogP contribution is 2.17. The summed E-state index contributed by atoms with van der Waals surface area (Å²) >= 11 is 6.29. The van der Waals surface area contributed by atoms with E-state index in [2.05, 4.69) is 40.2 Å². The van der Waals surface area contributed by atoms with Crippen LogP contribution < -0.4 is 4.74 Å². The van der Waals surface area contributed by atoms with Crippen molar-refractivity contribution in [2.75, 3.05) is 7.11 Å². The van der Waals surface area contributed by atoms with Crippen LogP contribution >= 0.6 is 35.2 Å².